The van der Waals surface area contributed by atoms with Crippen molar-refractivity contribution in [3.8, 4) is 5.75 Å². The van der Waals surface area contributed by atoms with E-state index in [-0.39, 0.29) is 5.97 Å². The molecule has 1 atom stereocenters. The molecule has 1 fully saturated rings. The molecule has 1 unspecified atom stereocenters. The quantitative estimate of drug-likeness (QED) is 0.766. The van der Waals surface area contributed by atoms with Gasteiger partial charge in [-0.3, -0.25) is 4.79 Å². The SMILES string of the molecule is COC(=O)CC1CCN(c2ccc(OC)cc2)C1. The monoisotopic (exact) mass is 249 g/mol. The van der Waals surface area contributed by atoms with Crippen LogP contribution in [0.3, 0.4) is 0 Å². The standard InChI is InChI=1S/C14H19NO3/c1-17-13-5-3-12(4-6-13)15-8-7-11(10-15)9-14(16)18-2/h3-6,11H,7-10H2,1-2H3. The van der Waals surface area contributed by atoms with Crippen LogP contribution in [0.5, 0.6) is 5.75 Å². The lowest BCUT2D eigenvalue weighted by Crippen LogP contribution is -2.20. The second-order valence-corrected chi connectivity index (χ2v) is 4.58. The molecule has 98 valence electrons. The summed E-state index contributed by atoms with van der Waals surface area (Å²) in [6.45, 7) is 1.91. The Morgan fingerprint density at radius 2 is 2.06 bits per heavy atom. The molecule has 4 nitrogen and oxygen atoms in total. The number of methoxy groups -OCH3 is 2. The van der Waals surface area contributed by atoms with Crippen molar-refractivity contribution in [2.45, 2.75) is 12.8 Å². The Hall–Kier alpha value is -1.71. The molecule has 0 aromatic heterocycles. The molecule has 0 amide bonds. The summed E-state index contributed by atoms with van der Waals surface area (Å²) in [5.41, 5.74) is 1.18. The minimum absolute atomic E-state index is 0.114. The van der Waals surface area contributed by atoms with Crippen molar-refractivity contribution in [1.82, 2.24) is 0 Å². The zero-order chi connectivity index (χ0) is 13.0. The maximum atomic E-state index is 11.2. The number of nitrogens with zero attached hydrogens (tertiary/aromatic N) is 1. The molecule has 0 saturated carbocycles. The Morgan fingerprint density at radius 3 is 2.67 bits per heavy atom. The van der Waals surface area contributed by atoms with Gasteiger partial charge in [0.05, 0.1) is 20.6 Å². The first kappa shape index (κ1) is 12.7. The summed E-state index contributed by atoms with van der Waals surface area (Å²) in [5, 5.41) is 0. The molecule has 1 aliphatic rings. The van der Waals surface area contributed by atoms with E-state index < -0.39 is 0 Å². The molecular weight excluding hydrogens is 230 g/mol. The summed E-state index contributed by atoms with van der Waals surface area (Å²) in [4.78, 5) is 13.5. The molecule has 2 rings (SSSR count). The first-order valence-corrected chi connectivity index (χ1v) is 6.18. The van der Waals surface area contributed by atoms with Gasteiger partial charge in [0.25, 0.3) is 0 Å². The van der Waals surface area contributed by atoms with Crippen LogP contribution in [0.1, 0.15) is 12.8 Å². The van der Waals surface area contributed by atoms with Crippen molar-refractivity contribution in [3.63, 3.8) is 0 Å². The van der Waals surface area contributed by atoms with Crippen LogP contribution in [0, 0.1) is 5.92 Å². The predicted octanol–water partition coefficient (Wildman–Crippen LogP) is 2.08. The number of hydrogen-bond acceptors (Lipinski definition) is 4. The summed E-state index contributed by atoms with van der Waals surface area (Å²) in [7, 11) is 3.11. The topological polar surface area (TPSA) is 38.8 Å². The summed E-state index contributed by atoms with van der Waals surface area (Å²) >= 11 is 0. The molecule has 4 heteroatoms. The highest BCUT2D eigenvalue weighted by Gasteiger charge is 2.25. The van der Waals surface area contributed by atoms with E-state index >= 15 is 0 Å². The van der Waals surface area contributed by atoms with Crippen LogP contribution in [0.25, 0.3) is 0 Å². The molecule has 1 heterocycles. The molecule has 1 saturated heterocycles. The van der Waals surface area contributed by atoms with Gasteiger partial charge in [0.2, 0.25) is 0 Å². The minimum atomic E-state index is -0.114. The smallest absolute Gasteiger partial charge is 0.305 e. The van der Waals surface area contributed by atoms with Crippen molar-refractivity contribution < 1.29 is 14.3 Å². The molecule has 0 N–H and O–H groups in total. The van der Waals surface area contributed by atoms with E-state index in [4.69, 9.17) is 9.47 Å². The fraction of sp³-hybridized carbons (Fsp3) is 0.500. The van der Waals surface area contributed by atoms with Gasteiger partial charge in [0.15, 0.2) is 0 Å². The van der Waals surface area contributed by atoms with Crippen molar-refractivity contribution >= 4 is 11.7 Å². The Morgan fingerprint density at radius 1 is 1.33 bits per heavy atom. The second kappa shape index (κ2) is 5.76. The van der Waals surface area contributed by atoms with E-state index in [2.05, 4.69) is 17.0 Å². The maximum absolute atomic E-state index is 11.2. The number of carbonyl (C=O) groups is 1. The molecule has 0 spiro atoms. The van der Waals surface area contributed by atoms with Gasteiger partial charge in [0, 0.05) is 18.8 Å². The van der Waals surface area contributed by atoms with Crippen molar-refractivity contribution in [2.75, 3.05) is 32.2 Å². The van der Waals surface area contributed by atoms with Crippen LogP contribution in [0.15, 0.2) is 24.3 Å². The van der Waals surface area contributed by atoms with Gasteiger partial charge in [-0.15, -0.1) is 0 Å². The average molecular weight is 249 g/mol. The number of ether oxygens (including phenoxy) is 2. The van der Waals surface area contributed by atoms with Crippen LogP contribution in [0.2, 0.25) is 0 Å². The largest absolute Gasteiger partial charge is 0.497 e. The van der Waals surface area contributed by atoms with Crippen LogP contribution in [-0.2, 0) is 9.53 Å². The Balaban J connectivity index is 1.93. The van der Waals surface area contributed by atoms with Gasteiger partial charge in [-0.2, -0.15) is 0 Å². The molecular formula is C14H19NO3. The molecule has 0 aliphatic carbocycles. The lowest BCUT2D eigenvalue weighted by atomic mass is 10.1. The van der Waals surface area contributed by atoms with E-state index in [1.165, 1.54) is 12.8 Å². The number of carbonyl (C=O) groups excluding carboxylic acids is 1. The van der Waals surface area contributed by atoms with E-state index in [1.54, 1.807) is 7.11 Å². The normalized spacial score (nSPS) is 18.8. The highest BCUT2D eigenvalue weighted by atomic mass is 16.5. The van der Waals surface area contributed by atoms with Crippen molar-refractivity contribution in [2.24, 2.45) is 5.92 Å². The zero-order valence-electron chi connectivity index (χ0n) is 10.9. The molecule has 1 aliphatic heterocycles. The van der Waals surface area contributed by atoms with Gasteiger partial charge in [-0.05, 0) is 36.6 Å². The fourth-order valence-corrected chi connectivity index (χ4v) is 2.35. The Bertz CT molecular complexity index is 402. The number of hydrogen-bond donors (Lipinski definition) is 0. The number of rotatable bonds is 4. The first-order chi connectivity index (χ1) is 8.72. The van der Waals surface area contributed by atoms with Crippen LogP contribution in [0.4, 0.5) is 5.69 Å². The van der Waals surface area contributed by atoms with Gasteiger partial charge in [-0.1, -0.05) is 0 Å². The van der Waals surface area contributed by atoms with Gasteiger partial charge in [-0.25, -0.2) is 0 Å². The number of anilines is 1. The van der Waals surface area contributed by atoms with E-state index in [9.17, 15) is 4.79 Å². The predicted molar refractivity (Wildman–Crippen MR) is 69.9 cm³/mol. The average Bonchev–Trinajstić information content (AvgIpc) is 2.87. The van der Waals surface area contributed by atoms with Crippen LogP contribution >= 0.6 is 0 Å². The van der Waals surface area contributed by atoms with Crippen molar-refractivity contribution in [1.29, 1.82) is 0 Å². The highest BCUT2D eigenvalue weighted by molar-refractivity contribution is 5.69. The first-order valence-electron chi connectivity index (χ1n) is 6.18. The maximum Gasteiger partial charge on any atom is 0.305 e. The van der Waals surface area contributed by atoms with E-state index in [1.807, 2.05) is 12.1 Å². The Labute approximate surface area is 107 Å². The van der Waals surface area contributed by atoms with Crippen molar-refractivity contribution in [3.05, 3.63) is 24.3 Å². The zero-order valence-corrected chi connectivity index (χ0v) is 10.9. The molecule has 0 bridgehead atoms. The molecule has 0 radical (unpaired) electrons. The third-order valence-electron chi connectivity index (χ3n) is 3.41. The highest BCUT2D eigenvalue weighted by Crippen LogP contribution is 2.27. The summed E-state index contributed by atoms with van der Waals surface area (Å²) in [6.07, 6.45) is 1.56. The van der Waals surface area contributed by atoms with Crippen LogP contribution in [-0.4, -0.2) is 33.3 Å². The van der Waals surface area contributed by atoms with E-state index in [0.29, 0.717) is 12.3 Å². The van der Waals surface area contributed by atoms with Gasteiger partial charge in [0.1, 0.15) is 5.75 Å². The Kier molecular flexibility index (Phi) is 4.07. The van der Waals surface area contributed by atoms with E-state index in [0.717, 1.165) is 25.3 Å². The lowest BCUT2D eigenvalue weighted by molar-refractivity contribution is -0.141. The third kappa shape index (κ3) is 2.94. The molecule has 1 aromatic carbocycles. The van der Waals surface area contributed by atoms with Crippen LogP contribution < -0.4 is 9.64 Å². The van der Waals surface area contributed by atoms with Gasteiger partial charge < -0.3 is 14.4 Å². The number of esters is 1. The molecule has 18 heavy (non-hydrogen) atoms. The summed E-state index contributed by atoms with van der Waals surface area (Å²) < 4.78 is 9.85. The second-order valence-electron chi connectivity index (χ2n) is 4.58. The fourth-order valence-electron chi connectivity index (χ4n) is 2.35. The molecule has 1 aromatic rings. The summed E-state index contributed by atoms with van der Waals surface area (Å²) in [6, 6.07) is 8.03. The minimum Gasteiger partial charge on any atom is -0.497 e. The summed E-state index contributed by atoms with van der Waals surface area (Å²) in [5.74, 6) is 1.15. The van der Waals surface area contributed by atoms with Gasteiger partial charge >= 0.3 is 5.97 Å². The third-order valence-corrected chi connectivity index (χ3v) is 3.41. The lowest BCUT2D eigenvalue weighted by Gasteiger charge is -2.18. The number of benzene rings is 1.